The Labute approximate surface area is 124 Å². The Morgan fingerprint density at radius 2 is 1.95 bits per heavy atom. The van der Waals surface area contributed by atoms with Crippen LogP contribution in [0.25, 0.3) is 0 Å². The quantitative estimate of drug-likeness (QED) is 0.690. The smallest absolute Gasteiger partial charge is 0.214 e. The van der Waals surface area contributed by atoms with Crippen molar-refractivity contribution >= 4 is 21.6 Å². The highest BCUT2D eigenvalue weighted by Gasteiger charge is 2.20. The average Bonchev–Trinajstić information content (AvgIpc) is 2.40. The van der Waals surface area contributed by atoms with E-state index in [1.165, 1.54) is 35.6 Å². The minimum atomic E-state index is -3.32. The van der Waals surface area contributed by atoms with E-state index in [1.54, 1.807) is 6.92 Å². The first-order valence-corrected chi connectivity index (χ1v) is 8.38. The fourth-order valence-corrected chi connectivity index (χ4v) is 3.18. The van der Waals surface area contributed by atoms with E-state index in [9.17, 15) is 12.8 Å². The molecule has 0 N–H and O–H groups in total. The van der Waals surface area contributed by atoms with Gasteiger partial charge in [-0.15, -0.1) is 11.6 Å². The molecule has 7 heteroatoms. The van der Waals surface area contributed by atoms with E-state index >= 15 is 0 Å². The molecule has 1 atom stereocenters. The second-order valence-electron chi connectivity index (χ2n) is 4.66. The molecule has 0 bridgehead atoms. The Kier molecular flexibility index (Phi) is 6.71. The van der Waals surface area contributed by atoms with E-state index in [0.717, 1.165) is 0 Å². The van der Waals surface area contributed by atoms with Gasteiger partial charge in [-0.05, 0) is 30.2 Å². The van der Waals surface area contributed by atoms with Crippen LogP contribution in [0.15, 0.2) is 24.3 Å². The number of benzene rings is 1. The van der Waals surface area contributed by atoms with E-state index in [-0.39, 0.29) is 30.6 Å². The molecule has 20 heavy (non-hydrogen) atoms. The van der Waals surface area contributed by atoms with Gasteiger partial charge in [0.1, 0.15) is 18.2 Å². The van der Waals surface area contributed by atoms with Crippen molar-refractivity contribution in [3.8, 4) is 5.75 Å². The van der Waals surface area contributed by atoms with E-state index in [0.29, 0.717) is 11.6 Å². The number of alkyl halides is 1. The van der Waals surface area contributed by atoms with Crippen LogP contribution in [-0.2, 0) is 10.0 Å². The first-order valence-electron chi connectivity index (χ1n) is 6.23. The van der Waals surface area contributed by atoms with Crippen molar-refractivity contribution in [2.75, 3.05) is 31.8 Å². The molecule has 1 rings (SSSR count). The summed E-state index contributed by atoms with van der Waals surface area (Å²) >= 11 is 5.62. The van der Waals surface area contributed by atoms with Crippen molar-refractivity contribution in [2.24, 2.45) is 5.92 Å². The monoisotopic (exact) mass is 323 g/mol. The minimum Gasteiger partial charge on any atom is -0.492 e. The van der Waals surface area contributed by atoms with Gasteiger partial charge in [0.2, 0.25) is 10.0 Å². The number of hydrogen-bond donors (Lipinski definition) is 0. The fourth-order valence-electron chi connectivity index (χ4n) is 1.49. The van der Waals surface area contributed by atoms with Gasteiger partial charge in [-0.3, -0.25) is 0 Å². The van der Waals surface area contributed by atoms with Gasteiger partial charge < -0.3 is 4.74 Å². The van der Waals surface area contributed by atoms with Crippen LogP contribution in [0.2, 0.25) is 0 Å². The second kappa shape index (κ2) is 7.81. The maximum absolute atomic E-state index is 12.7. The van der Waals surface area contributed by atoms with Gasteiger partial charge in [-0.25, -0.2) is 17.1 Å². The average molecular weight is 324 g/mol. The van der Waals surface area contributed by atoms with Gasteiger partial charge in [-0.1, -0.05) is 6.92 Å². The van der Waals surface area contributed by atoms with Gasteiger partial charge in [-0.2, -0.15) is 0 Å². The minimum absolute atomic E-state index is 0.0174. The highest BCUT2D eigenvalue weighted by molar-refractivity contribution is 7.89. The van der Waals surface area contributed by atoms with Gasteiger partial charge in [0.05, 0.1) is 5.75 Å². The van der Waals surface area contributed by atoms with Crippen LogP contribution < -0.4 is 4.74 Å². The lowest BCUT2D eigenvalue weighted by Gasteiger charge is -2.19. The molecule has 0 aliphatic rings. The molecule has 0 spiro atoms. The van der Waals surface area contributed by atoms with Gasteiger partial charge in [0.15, 0.2) is 0 Å². The van der Waals surface area contributed by atoms with Crippen molar-refractivity contribution in [3.63, 3.8) is 0 Å². The maximum Gasteiger partial charge on any atom is 0.214 e. The SMILES string of the molecule is CC(CCl)CS(=O)(=O)N(C)CCOc1ccc(F)cc1. The Balaban J connectivity index is 2.42. The normalized spacial score (nSPS) is 13.4. The molecule has 1 aromatic carbocycles. The number of halogens is 2. The summed E-state index contributed by atoms with van der Waals surface area (Å²) in [5.74, 6) is 0.392. The molecular weight excluding hydrogens is 305 g/mol. The Bertz CT molecular complexity index is 507. The fraction of sp³-hybridized carbons (Fsp3) is 0.538. The molecular formula is C13H19ClFNO3S. The summed E-state index contributed by atoms with van der Waals surface area (Å²) in [7, 11) is -1.82. The van der Waals surface area contributed by atoms with Crippen molar-refractivity contribution < 1.29 is 17.5 Å². The highest BCUT2D eigenvalue weighted by atomic mass is 35.5. The van der Waals surface area contributed by atoms with Gasteiger partial charge >= 0.3 is 0 Å². The number of hydrogen-bond acceptors (Lipinski definition) is 3. The summed E-state index contributed by atoms with van der Waals surface area (Å²) < 4.78 is 43.2. The number of rotatable bonds is 8. The predicted octanol–water partition coefficient (Wildman–Crippen LogP) is 2.34. The molecule has 0 aliphatic carbocycles. The highest BCUT2D eigenvalue weighted by Crippen LogP contribution is 2.11. The standard InChI is InChI=1S/C13H19ClFNO3S/c1-11(9-14)10-20(17,18)16(2)7-8-19-13-5-3-12(15)4-6-13/h3-6,11H,7-10H2,1-2H3. The van der Waals surface area contributed by atoms with E-state index < -0.39 is 10.0 Å². The third kappa shape index (κ3) is 5.64. The topological polar surface area (TPSA) is 46.6 Å². The zero-order chi connectivity index (χ0) is 15.2. The first-order chi connectivity index (χ1) is 9.35. The third-order valence-electron chi connectivity index (χ3n) is 2.72. The van der Waals surface area contributed by atoms with Crippen LogP contribution in [0.1, 0.15) is 6.92 Å². The number of likely N-dealkylation sites (N-methyl/N-ethyl adjacent to an activating group) is 1. The lowest BCUT2D eigenvalue weighted by Crippen LogP contribution is -2.34. The lowest BCUT2D eigenvalue weighted by atomic mass is 10.3. The molecule has 1 unspecified atom stereocenters. The van der Waals surface area contributed by atoms with Crippen molar-refractivity contribution in [1.82, 2.24) is 4.31 Å². The Morgan fingerprint density at radius 3 is 2.50 bits per heavy atom. The van der Waals surface area contributed by atoms with Crippen LogP contribution in [0.4, 0.5) is 4.39 Å². The molecule has 114 valence electrons. The predicted molar refractivity (Wildman–Crippen MR) is 78.2 cm³/mol. The molecule has 0 heterocycles. The van der Waals surface area contributed by atoms with Crippen LogP contribution in [0.5, 0.6) is 5.75 Å². The zero-order valence-corrected chi connectivity index (χ0v) is 13.1. The summed E-state index contributed by atoms with van der Waals surface area (Å²) in [6, 6.07) is 5.58. The summed E-state index contributed by atoms with van der Waals surface area (Å²) in [4.78, 5) is 0. The largest absolute Gasteiger partial charge is 0.492 e. The van der Waals surface area contributed by atoms with Crippen molar-refractivity contribution in [3.05, 3.63) is 30.1 Å². The van der Waals surface area contributed by atoms with E-state index in [2.05, 4.69) is 0 Å². The maximum atomic E-state index is 12.7. The second-order valence-corrected chi connectivity index (χ2v) is 7.09. The Hall–Kier alpha value is -0.850. The number of nitrogens with zero attached hydrogens (tertiary/aromatic N) is 1. The van der Waals surface area contributed by atoms with Crippen LogP contribution in [0, 0.1) is 11.7 Å². The lowest BCUT2D eigenvalue weighted by molar-refractivity contribution is 0.286. The molecule has 0 radical (unpaired) electrons. The summed E-state index contributed by atoms with van der Waals surface area (Å²) in [6.45, 7) is 2.22. The summed E-state index contributed by atoms with van der Waals surface area (Å²) in [5.41, 5.74) is 0. The van der Waals surface area contributed by atoms with Gasteiger partial charge in [0.25, 0.3) is 0 Å². The van der Waals surface area contributed by atoms with Crippen molar-refractivity contribution in [1.29, 1.82) is 0 Å². The van der Waals surface area contributed by atoms with Gasteiger partial charge in [0, 0.05) is 19.5 Å². The van der Waals surface area contributed by atoms with Crippen LogP contribution in [-0.4, -0.2) is 44.6 Å². The molecule has 0 amide bonds. The Morgan fingerprint density at radius 1 is 1.35 bits per heavy atom. The van der Waals surface area contributed by atoms with Crippen molar-refractivity contribution in [2.45, 2.75) is 6.92 Å². The number of sulfonamides is 1. The summed E-state index contributed by atoms with van der Waals surface area (Å²) in [5, 5.41) is 0. The molecule has 0 fully saturated rings. The molecule has 0 saturated heterocycles. The zero-order valence-electron chi connectivity index (χ0n) is 11.6. The molecule has 4 nitrogen and oxygen atoms in total. The molecule has 1 aromatic rings. The molecule has 0 aromatic heterocycles. The third-order valence-corrected chi connectivity index (χ3v) is 5.37. The van der Waals surface area contributed by atoms with Crippen LogP contribution in [0.3, 0.4) is 0 Å². The van der Waals surface area contributed by atoms with E-state index in [4.69, 9.17) is 16.3 Å². The van der Waals surface area contributed by atoms with E-state index in [1.807, 2.05) is 0 Å². The molecule has 0 aliphatic heterocycles. The molecule has 0 saturated carbocycles. The number of ether oxygens (including phenoxy) is 1. The first kappa shape index (κ1) is 17.2. The van der Waals surface area contributed by atoms with Crippen LogP contribution >= 0.6 is 11.6 Å². The summed E-state index contributed by atoms with van der Waals surface area (Å²) in [6.07, 6.45) is 0.